The van der Waals surface area contributed by atoms with Gasteiger partial charge >= 0.3 is 0 Å². The highest BCUT2D eigenvalue weighted by Gasteiger charge is 2.24. The minimum absolute atomic E-state index is 0.308. The molecule has 5 nitrogen and oxygen atoms in total. The number of Topliss-reactive ketones (excluding diaryl/α,β-unsaturated/α-hetero) is 1. The van der Waals surface area contributed by atoms with Crippen LogP contribution in [0.3, 0.4) is 0 Å². The van der Waals surface area contributed by atoms with Crippen molar-refractivity contribution in [2.75, 3.05) is 5.32 Å². The van der Waals surface area contributed by atoms with Crippen molar-refractivity contribution in [3.05, 3.63) is 45.2 Å². The number of hydrogen-bond acceptors (Lipinski definition) is 3. The van der Waals surface area contributed by atoms with Crippen molar-refractivity contribution in [1.29, 1.82) is 0 Å². The summed E-state index contributed by atoms with van der Waals surface area (Å²) in [5, 5.41) is 7.36. The van der Waals surface area contributed by atoms with Gasteiger partial charge in [0.1, 0.15) is 0 Å². The Balaban J connectivity index is 2.26. The van der Waals surface area contributed by atoms with E-state index in [2.05, 4.69) is 10.4 Å². The van der Waals surface area contributed by atoms with Crippen molar-refractivity contribution in [2.45, 2.75) is 13.8 Å². The van der Waals surface area contributed by atoms with Crippen molar-refractivity contribution >= 4 is 40.6 Å². The van der Waals surface area contributed by atoms with Crippen LogP contribution in [0.25, 0.3) is 0 Å². The Hall–Kier alpha value is -1.85. The molecule has 0 atom stereocenters. The van der Waals surface area contributed by atoms with E-state index in [1.807, 2.05) is 0 Å². The number of benzene rings is 1. The lowest BCUT2D eigenvalue weighted by molar-refractivity contribution is -0.112. The largest absolute Gasteiger partial charge is 0.319 e. The lowest BCUT2D eigenvalue weighted by atomic mass is 10.1. The van der Waals surface area contributed by atoms with Gasteiger partial charge in [-0.3, -0.25) is 14.3 Å². The summed E-state index contributed by atoms with van der Waals surface area (Å²) >= 11 is 11.7. The first-order valence-electron chi connectivity index (χ1n) is 6.11. The topological polar surface area (TPSA) is 64.0 Å². The summed E-state index contributed by atoms with van der Waals surface area (Å²) in [6.07, 6.45) is 0. The number of aryl methyl sites for hydroxylation is 2. The number of halogens is 2. The lowest BCUT2D eigenvalue weighted by Crippen LogP contribution is -2.24. The maximum absolute atomic E-state index is 12.2. The molecule has 7 heteroatoms. The number of carbonyl (C=O) groups is 2. The van der Waals surface area contributed by atoms with Crippen LogP contribution in [0.1, 0.15) is 21.7 Å². The normalized spacial score (nSPS) is 10.5. The maximum Gasteiger partial charge on any atom is 0.296 e. The molecule has 1 N–H and O–H groups in total. The number of nitrogens with zero attached hydrogens (tertiary/aromatic N) is 2. The van der Waals surface area contributed by atoms with E-state index < -0.39 is 11.7 Å². The number of anilines is 1. The number of rotatable bonds is 3. The molecule has 0 saturated heterocycles. The number of nitrogens with one attached hydrogen (secondary N) is 1. The summed E-state index contributed by atoms with van der Waals surface area (Å²) in [6.45, 7) is 3.42. The molecule has 1 aromatic heterocycles. The molecular formula is C14H13Cl2N3O2. The SMILES string of the molecule is Cc1nn(C)c(C)c1C(=O)C(=O)Nc1cc(Cl)cc(Cl)c1. The monoisotopic (exact) mass is 325 g/mol. The Morgan fingerprint density at radius 3 is 2.19 bits per heavy atom. The number of carbonyl (C=O) groups excluding carboxylic acids is 2. The van der Waals surface area contributed by atoms with E-state index in [4.69, 9.17) is 23.2 Å². The van der Waals surface area contributed by atoms with Gasteiger partial charge in [0.15, 0.2) is 0 Å². The fourth-order valence-electron chi connectivity index (χ4n) is 2.03. The highest BCUT2D eigenvalue weighted by atomic mass is 35.5. The van der Waals surface area contributed by atoms with Gasteiger partial charge in [0.2, 0.25) is 0 Å². The molecule has 0 saturated carbocycles. The van der Waals surface area contributed by atoms with Gasteiger partial charge in [-0.25, -0.2) is 0 Å². The average Bonchev–Trinajstić information content (AvgIpc) is 2.61. The van der Waals surface area contributed by atoms with Crippen LogP contribution in [-0.2, 0) is 11.8 Å². The lowest BCUT2D eigenvalue weighted by Gasteiger charge is -2.06. The fourth-order valence-corrected chi connectivity index (χ4v) is 2.56. The van der Waals surface area contributed by atoms with E-state index in [0.29, 0.717) is 32.7 Å². The molecule has 0 spiro atoms. The molecule has 21 heavy (non-hydrogen) atoms. The van der Waals surface area contributed by atoms with E-state index in [-0.39, 0.29) is 0 Å². The van der Waals surface area contributed by atoms with Gasteiger partial charge in [0.05, 0.1) is 11.3 Å². The van der Waals surface area contributed by atoms with E-state index in [9.17, 15) is 9.59 Å². The molecule has 1 amide bonds. The van der Waals surface area contributed by atoms with Crippen LogP contribution in [0.15, 0.2) is 18.2 Å². The zero-order valence-corrected chi connectivity index (χ0v) is 13.2. The molecule has 2 aromatic rings. The molecule has 0 aliphatic heterocycles. The third-order valence-electron chi connectivity index (χ3n) is 3.06. The molecule has 0 bridgehead atoms. The number of amides is 1. The smallest absolute Gasteiger partial charge is 0.296 e. The zero-order chi connectivity index (χ0) is 15.7. The molecule has 110 valence electrons. The van der Waals surface area contributed by atoms with Gasteiger partial charge in [-0.1, -0.05) is 23.2 Å². The summed E-state index contributed by atoms with van der Waals surface area (Å²) < 4.78 is 1.56. The summed E-state index contributed by atoms with van der Waals surface area (Å²) in [6, 6.07) is 4.57. The Bertz CT molecular complexity index is 718. The maximum atomic E-state index is 12.2. The second-order valence-electron chi connectivity index (χ2n) is 4.61. The van der Waals surface area contributed by atoms with E-state index >= 15 is 0 Å². The average molecular weight is 326 g/mol. The summed E-state index contributed by atoms with van der Waals surface area (Å²) in [5.41, 5.74) is 1.82. The van der Waals surface area contributed by atoms with Gasteiger partial charge in [-0.15, -0.1) is 0 Å². The first-order chi connectivity index (χ1) is 9.79. The van der Waals surface area contributed by atoms with E-state index in [0.717, 1.165) is 0 Å². The fraction of sp³-hybridized carbons (Fsp3) is 0.214. The Labute approximate surface area is 131 Å². The minimum atomic E-state index is -0.757. The number of ketones is 1. The van der Waals surface area contributed by atoms with Crippen LogP contribution in [0.5, 0.6) is 0 Å². The summed E-state index contributed by atoms with van der Waals surface area (Å²) in [7, 11) is 1.72. The van der Waals surface area contributed by atoms with E-state index in [1.165, 1.54) is 18.2 Å². The standard InChI is InChI=1S/C14H13Cl2N3O2/c1-7-12(8(2)19(3)18-7)13(20)14(21)17-11-5-9(15)4-10(16)6-11/h4-6H,1-3H3,(H,17,21). The molecule has 0 fully saturated rings. The Morgan fingerprint density at radius 2 is 1.71 bits per heavy atom. The first-order valence-corrected chi connectivity index (χ1v) is 6.87. The zero-order valence-electron chi connectivity index (χ0n) is 11.7. The van der Waals surface area contributed by atoms with Gasteiger partial charge in [0.25, 0.3) is 11.7 Å². The van der Waals surface area contributed by atoms with Crippen LogP contribution >= 0.6 is 23.2 Å². The van der Waals surface area contributed by atoms with Gasteiger partial charge in [-0.2, -0.15) is 5.10 Å². The summed E-state index contributed by atoms with van der Waals surface area (Å²) in [5.74, 6) is -1.40. The van der Waals surface area contributed by atoms with Crippen molar-refractivity contribution < 1.29 is 9.59 Å². The first kappa shape index (κ1) is 15.5. The molecule has 0 aliphatic rings. The highest BCUT2D eigenvalue weighted by Crippen LogP contribution is 2.23. The second kappa shape index (κ2) is 5.87. The summed E-state index contributed by atoms with van der Waals surface area (Å²) in [4.78, 5) is 24.3. The Morgan fingerprint density at radius 1 is 1.14 bits per heavy atom. The third kappa shape index (κ3) is 3.25. The van der Waals surface area contributed by atoms with Crippen LogP contribution in [-0.4, -0.2) is 21.5 Å². The predicted molar refractivity (Wildman–Crippen MR) is 82.1 cm³/mol. The molecule has 0 radical (unpaired) electrons. The quantitative estimate of drug-likeness (QED) is 0.696. The van der Waals surface area contributed by atoms with Gasteiger partial charge in [0, 0.05) is 28.5 Å². The molecular weight excluding hydrogens is 313 g/mol. The van der Waals surface area contributed by atoms with Gasteiger partial charge < -0.3 is 5.32 Å². The van der Waals surface area contributed by atoms with Crippen LogP contribution in [0, 0.1) is 13.8 Å². The predicted octanol–water partition coefficient (Wildman–Crippen LogP) is 3.17. The molecule has 0 aliphatic carbocycles. The van der Waals surface area contributed by atoms with Crippen molar-refractivity contribution in [1.82, 2.24) is 9.78 Å². The third-order valence-corrected chi connectivity index (χ3v) is 3.50. The van der Waals surface area contributed by atoms with Crippen molar-refractivity contribution in [2.24, 2.45) is 7.05 Å². The van der Waals surface area contributed by atoms with Crippen molar-refractivity contribution in [3.8, 4) is 0 Å². The van der Waals surface area contributed by atoms with Gasteiger partial charge in [-0.05, 0) is 32.0 Å². The number of aromatic nitrogens is 2. The van der Waals surface area contributed by atoms with Crippen LogP contribution in [0.2, 0.25) is 10.0 Å². The highest BCUT2D eigenvalue weighted by molar-refractivity contribution is 6.47. The van der Waals surface area contributed by atoms with Crippen molar-refractivity contribution in [3.63, 3.8) is 0 Å². The number of hydrogen-bond donors (Lipinski definition) is 1. The molecule has 1 aromatic carbocycles. The second-order valence-corrected chi connectivity index (χ2v) is 5.48. The van der Waals surface area contributed by atoms with Crippen LogP contribution < -0.4 is 5.32 Å². The molecule has 0 unspecified atom stereocenters. The van der Waals surface area contributed by atoms with Crippen LogP contribution in [0.4, 0.5) is 5.69 Å². The Kier molecular flexibility index (Phi) is 4.34. The van der Waals surface area contributed by atoms with E-state index in [1.54, 1.807) is 25.6 Å². The molecule has 1 heterocycles. The minimum Gasteiger partial charge on any atom is -0.319 e. The molecule has 2 rings (SSSR count).